The van der Waals surface area contributed by atoms with Crippen LogP contribution in [0.2, 0.25) is 0 Å². The summed E-state index contributed by atoms with van der Waals surface area (Å²) in [4.78, 5) is 10.4. The number of rotatable bonds is 5. The fourth-order valence-electron chi connectivity index (χ4n) is 0.953. The van der Waals surface area contributed by atoms with Crippen molar-refractivity contribution in [2.45, 2.75) is 39.5 Å². The fraction of sp³-hybridized carbons (Fsp3) is 0.875. The molecule has 0 aliphatic carbocycles. The highest BCUT2D eigenvalue weighted by Gasteiger charge is 2.12. The van der Waals surface area contributed by atoms with Crippen LogP contribution in [0.15, 0.2) is 0 Å². The minimum absolute atomic E-state index is 0. The molecule has 0 aromatic carbocycles. The van der Waals surface area contributed by atoms with Gasteiger partial charge in [0.05, 0.1) is 5.92 Å². The summed E-state index contributed by atoms with van der Waals surface area (Å²) in [5, 5.41) is 8.60. The van der Waals surface area contributed by atoms with Gasteiger partial charge < -0.3 is 5.11 Å². The maximum atomic E-state index is 10.4. The van der Waals surface area contributed by atoms with Crippen LogP contribution in [-0.4, -0.2) is 11.1 Å². The van der Waals surface area contributed by atoms with E-state index in [0.29, 0.717) is 0 Å². The van der Waals surface area contributed by atoms with Crippen LogP contribution in [-0.2, 0) is 4.79 Å². The lowest BCUT2D eigenvalue weighted by Crippen LogP contribution is -2.11. The monoisotopic (exact) mass is 252 g/mol. The first kappa shape index (κ1) is 23.3. The van der Waals surface area contributed by atoms with E-state index in [4.69, 9.17) is 5.11 Å². The third-order valence-electron chi connectivity index (χ3n) is 1.75. The SMILES string of the molecule is CCCCC(CC)C(=O)O.Cl.Cl.Cl. The lowest BCUT2D eigenvalue weighted by Gasteiger charge is -2.06. The van der Waals surface area contributed by atoms with E-state index in [-0.39, 0.29) is 43.1 Å². The van der Waals surface area contributed by atoms with Crippen molar-refractivity contribution in [3.8, 4) is 0 Å². The average molecular weight is 254 g/mol. The molecular formula is C8H19Cl3O2. The van der Waals surface area contributed by atoms with Crippen molar-refractivity contribution in [2.75, 3.05) is 0 Å². The number of halogens is 3. The highest BCUT2D eigenvalue weighted by molar-refractivity contribution is 5.86. The summed E-state index contributed by atoms with van der Waals surface area (Å²) < 4.78 is 0. The minimum atomic E-state index is -0.643. The molecule has 0 aromatic heterocycles. The van der Waals surface area contributed by atoms with Crippen LogP contribution in [0, 0.1) is 5.92 Å². The Morgan fingerprint density at radius 1 is 1.23 bits per heavy atom. The molecule has 0 aromatic rings. The van der Waals surface area contributed by atoms with Gasteiger partial charge in [0.2, 0.25) is 0 Å². The number of carbonyl (C=O) groups is 1. The van der Waals surface area contributed by atoms with Gasteiger partial charge in [-0.3, -0.25) is 4.79 Å². The Bertz CT molecular complexity index is 110. The largest absolute Gasteiger partial charge is 0.481 e. The van der Waals surface area contributed by atoms with Gasteiger partial charge in [-0.1, -0.05) is 26.7 Å². The maximum Gasteiger partial charge on any atom is 0.306 e. The number of carboxylic acids is 1. The normalized spacial score (nSPS) is 10.0. The van der Waals surface area contributed by atoms with E-state index in [2.05, 4.69) is 6.92 Å². The standard InChI is InChI=1S/C8H16O2.3ClH/c1-3-5-6-7(4-2)8(9)10;;;/h7H,3-6H2,1-2H3,(H,9,10);3*1H. The first-order valence-corrected chi connectivity index (χ1v) is 3.95. The minimum Gasteiger partial charge on any atom is -0.481 e. The lowest BCUT2D eigenvalue weighted by molar-refractivity contribution is -0.142. The van der Waals surface area contributed by atoms with E-state index < -0.39 is 5.97 Å². The van der Waals surface area contributed by atoms with Crippen molar-refractivity contribution >= 4 is 43.2 Å². The number of hydrogen-bond acceptors (Lipinski definition) is 1. The van der Waals surface area contributed by atoms with Crippen molar-refractivity contribution < 1.29 is 9.90 Å². The molecule has 0 heterocycles. The Labute approximate surface area is 98.7 Å². The number of unbranched alkanes of at least 4 members (excludes halogenated alkanes) is 1. The Morgan fingerprint density at radius 3 is 1.92 bits per heavy atom. The molecule has 0 saturated heterocycles. The zero-order valence-corrected chi connectivity index (χ0v) is 10.4. The first-order valence-electron chi connectivity index (χ1n) is 3.95. The smallest absolute Gasteiger partial charge is 0.306 e. The molecule has 0 bridgehead atoms. The van der Waals surface area contributed by atoms with Crippen LogP contribution in [0.4, 0.5) is 0 Å². The van der Waals surface area contributed by atoms with E-state index in [1.807, 2.05) is 6.92 Å². The Kier molecular flexibility index (Phi) is 26.6. The van der Waals surface area contributed by atoms with Crippen LogP contribution in [0.3, 0.4) is 0 Å². The predicted molar refractivity (Wildman–Crippen MR) is 62.7 cm³/mol. The van der Waals surface area contributed by atoms with Crippen molar-refractivity contribution in [1.82, 2.24) is 0 Å². The maximum absolute atomic E-state index is 10.4. The number of hydrogen-bond donors (Lipinski definition) is 1. The first-order chi connectivity index (χ1) is 4.72. The van der Waals surface area contributed by atoms with Crippen LogP contribution in [0.1, 0.15) is 39.5 Å². The van der Waals surface area contributed by atoms with E-state index in [1.165, 1.54) is 0 Å². The second-order valence-electron chi connectivity index (χ2n) is 2.59. The topological polar surface area (TPSA) is 37.3 Å². The van der Waals surface area contributed by atoms with Crippen molar-refractivity contribution in [3.63, 3.8) is 0 Å². The summed E-state index contributed by atoms with van der Waals surface area (Å²) in [6.07, 6.45) is 3.71. The molecule has 0 radical (unpaired) electrons. The van der Waals surface area contributed by atoms with Gasteiger partial charge in [-0.2, -0.15) is 0 Å². The van der Waals surface area contributed by atoms with Gasteiger partial charge in [-0.25, -0.2) is 0 Å². The summed E-state index contributed by atoms with van der Waals surface area (Å²) in [5.74, 6) is -0.754. The van der Waals surface area contributed by atoms with Gasteiger partial charge in [0.25, 0.3) is 0 Å². The summed E-state index contributed by atoms with van der Waals surface area (Å²) in [5.41, 5.74) is 0. The van der Waals surface area contributed by atoms with E-state index in [9.17, 15) is 4.79 Å². The third kappa shape index (κ3) is 12.3. The van der Waals surface area contributed by atoms with E-state index in [1.54, 1.807) is 0 Å². The van der Waals surface area contributed by atoms with Crippen molar-refractivity contribution in [1.29, 1.82) is 0 Å². The van der Waals surface area contributed by atoms with Crippen LogP contribution in [0.25, 0.3) is 0 Å². The molecule has 0 fully saturated rings. The van der Waals surface area contributed by atoms with Crippen LogP contribution < -0.4 is 0 Å². The molecule has 5 heteroatoms. The Hall–Kier alpha value is 0.340. The summed E-state index contributed by atoms with van der Waals surface area (Å²) in [7, 11) is 0. The summed E-state index contributed by atoms with van der Waals surface area (Å²) in [6.45, 7) is 4.00. The Balaban J connectivity index is -0.000000135. The van der Waals surface area contributed by atoms with Gasteiger partial charge in [0.1, 0.15) is 0 Å². The van der Waals surface area contributed by atoms with Gasteiger partial charge in [-0.05, 0) is 12.8 Å². The quantitative estimate of drug-likeness (QED) is 0.813. The third-order valence-corrected chi connectivity index (χ3v) is 1.75. The Morgan fingerprint density at radius 2 is 1.69 bits per heavy atom. The second kappa shape index (κ2) is 14.8. The molecule has 0 aliphatic rings. The molecule has 0 spiro atoms. The molecule has 1 unspecified atom stereocenters. The number of aliphatic carboxylic acids is 1. The molecule has 0 aliphatic heterocycles. The summed E-state index contributed by atoms with van der Waals surface area (Å²) in [6, 6.07) is 0. The lowest BCUT2D eigenvalue weighted by atomic mass is 10.00. The molecule has 1 N–H and O–H groups in total. The van der Waals surface area contributed by atoms with E-state index in [0.717, 1.165) is 25.7 Å². The molecule has 0 amide bonds. The number of carboxylic acid groups (broad SMARTS) is 1. The highest BCUT2D eigenvalue weighted by Crippen LogP contribution is 2.11. The fourth-order valence-corrected chi connectivity index (χ4v) is 0.953. The van der Waals surface area contributed by atoms with Crippen molar-refractivity contribution in [3.05, 3.63) is 0 Å². The van der Waals surface area contributed by atoms with Gasteiger partial charge in [0, 0.05) is 0 Å². The molecule has 1 atom stereocenters. The molecular weight excluding hydrogens is 234 g/mol. The second-order valence-corrected chi connectivity index (χ2v) is 2.59. The summed E-state index contributed by atoms with van der Waals surface area (Å²) >= 11 is 0. The highest BCUT2D eigenvalue weighted by atomic mass is 35.5. The van der Waals surface area contributed by atoms with Crippen LogP contribution in [0.5, 0.6) is 0 Å². The zero-order valence-electron chi connectivity index (χ0n) is 7.99. The average Bonchev–Trinajstić information content (AvgIpc) is 1.89. The molecule has 84 valence electrons. The predicted octanol–water partition coefficient (Wildman–Crippen LogP) is 3.55. The zero-order chi connectivity index (χ0) is 7.98. The van der Waals surface area contributed by atoms with Crippen LogP contribution >= 0.6 is 37.2 Å². The molecule has 0 rings (SSSR count). The van der Waals surface area contributed by atoms with Crippen molar-refractivity contribution in [2.24, 2.45) is 5.92 Å². The molecule has 13 heavy (non-hydrogen) atoms. The van der Waals surface area contributed by atoms with Gasteiger partial charge in [-0.15, -0.1) is 37.2 Å². The molecule has 2 nitrogen and oxygen atoms in total. The molecule has 0 saturated carbocycles. The van der Waals surface area contributed by atoms with E-state index >= 15 is 0 Å². The van der Waals surface area contributed by atoms with Gasteiger partial charge >= 0.3 is 5.97 Å². The van der Waals surface area contributed by atoms with Gasteiger partial charge in [0.15, 0.2) is 0 Å².